The van der Waals surface area contributed by atoms with Crippen LogP contribution in [0.15, 0.2) is 150 Å². The van der Waals surface area contributed by atoms with Gasteiger partial charge in [-0.15, -0.1) is 0 Å². The Balaban J connectivity index is 1.26. The Hall–Kier alpha value is -6.07. The summed E-state index contributed by atoms with van der Waals surface area (Å²) < 4.78 is 91.9. The lowest BCUT2D eigenvalue weighted by Crippen LogP contribution is -2.00. The molecule has 0 aliphatic rings. The lowest BCUT2D eigenvalue weighted by Gasteiger charge is -2.10. The molecule has 0 saturated heterocycles. The maximum Gasteiger partial charge on any atom is 0.164 e. The number of nitrogens with zero attached hydrogens (tertiary/aromatic N) is 4. The molecule has 0 aliphatic heterocycles. The summed E-state index contributed by atoms with van der Waals surface area (Å²) in [6.07, 6.45) is 0. The summed E-state index contributed by atoms with van der Waals surface area (Å²) >= 11 is 0. The average Bonchev–Trinajstić information content (AvgIpc) is 3.74. The number of furan rings is 1. The first-order valence-corrected chi connectivity index (χ1v) is 13.8. The van der Waals surface area contributed by atoms with Crippen LogP contribution in [0.4, 0.5) is 0 Å². The molecule has 0 radical (unpaired) electrons. The molecular formula is C39H24N4O. The molecule has 0 unspecified atom stereocenters. The fourth-order valence-corrected chi connectivity index (χ4v) is 5.72. The van der Waals surface area contributed by atoms with Crippen molar-refractivity contribution in [3.8, 4) is 39.9 Å². The molecule has 0 atom stereocenters. The summed E-state index contributed by atoms with van der Waals surface area (Å²) in [6, 6.07) is 21.4. The topological polar surface area (TPSA) is 56.7 Å². The van der Waals surface area contributed by atoms with Gasteiger partial charge in [-0.25, -0.2) is 15.0 Å². The van der Waals surface area contributed by atoms with Crippen LogP contribution in [0, 0.1) is 0 Å². The van der Waals surface area contributed by atoms with E-state index in [-0.39, 0.29) is 28.6 Å². The zero-order valence-corrected chi connectivity index (χ0v) is 22.8. The van der Waals surface area contributed by atoms with Gasteiger partial charge in [0.05, 0.1) is 30.1 Å². The number of para-hydroxylation sites is 2. The number of benzene rings is 6. The van der Waals surface area contributed by atoms with Crippen LogP contribution < -0.4 is 0 Å². The van der Waals surface area contributed by atoms with Gasteiger partial charge in [0.15, 0.2) is 17.5 Å². The zero-order valence-electron chi connectivity index (χ0n) is 32.8. The molecule has 0 saturated carbocycles. The van der Waals surface area contributed by atoms with Crippen LogP contribution in [0.2, 0.25) is 0 Å². The first-order valence-electron chi connectivity index (χ1n) is 18.8. The minimum absolute atomic E-state index is 0.00798. The van der Waals surface area contributed by atoms with Crippen LogP contribution in [0.1, 0.15) is 13.7 Å². The fraction of sp³-hybridized carbons (Fsp3) is 0. The van der Waals surface area contributed by atoms with Crippen molar-refractivity contribution in [2.24, 2.45) is 0 Å². The normalized spacial score (nSPS) is 14.8. The van der Waals surface area contributed by atoms with E-state index in [1.165, 1.54) is 0 Å². The molecule has 9 aromatic rings. The number of hydrogen-bond acceptors (Lipinski definition) is 4. The molecule has 3 heterocycles. The van der Waals surface area contributed by atoms with Gasteiger partial charge in [-0.05, 0) is 48.5 Å². The SMILES string of the molecule is [2H]c1c([2H])c([2H])c(-c2nc(-c3ccc(-n4c5ccccc5c5c6oc7ccccc7c6ccc54)cc3)nc(-c3c([2H])c([2H])c([2H])c([2H])c3[2H])n2)c([2H])c1[2H]. The molecule has 0 spiro atoms. The van der Waals surface area contributed by atoms with Gasteiger partial charge < -0.3 is 8.98 Å². The third-order valence-electron chi connectivity index (χ3n) is 7.65. The first-order chi connectivity index (χ1) is 26.0. The second-order valence-electron chi connectivity index (χ2n) is 10.1. The Kier molecular flexibility index (Phi) is 3.66. The van der Waals surface area contributed by atoms with E-state index in [0.29, 0.717) is 5.56 Å². The molecule has 5 nitrogen and oxygen atoms in total. The molecule has 0 aliphatic carbocycles. The predicted molar refractivity (Wildman–Crippen MR) is 178 cm³/mol. The van der Waals surface area contributed by atoms with Crippen LogP contribution in [-0.4, -0.2) is 19.5 Å². The second kappa shape index (κ2) is 9.75. The van der Waals surface area contributed by atoms with Crippen LogP contribution in [-0.2, 0) is 0 Å². The van der Waals surface area contributed by atoms with Gasteiger partial charge in [-0.3, -0.25) is 0 Å². The number of aromatic nitrogens is 4. The van der Waals surface area contributed by atoms with Gasteiger partial charge >= 0.3 is 0 Å². The first kappa shape index (κ1) is 16.5. The highest BCUT2D eigenvalue weighted by Crippen LogP contribution is 2.40. The van der Waals surface area contributed by atoms with Gasteiger partial charge in [0.1, 0.15) is 11.2 Å². The Bertz CT molecular complexity index is 2920. The summed E-state index contributed by atoms with van der Waals surface area (Å²) in [6.45, 7) is 0. The van der Waals surface area contributed by atoms with Crippen molar-refractivity contribution in [2.45, 2.75) is 0 Å². The monoisotopic (exact) mass is 574 g/mol. The quantitative estimate of drug-likeness (QED) is 0.210. The standard InChI is InChI=1S/C39H24N4O/c1-3-11-25(12-4-1)37-40-38(26-13-5-2-6-14-26)42-39(41-37)27-19-21-28(22-20-27)43-32-17-9-7-16-31(32)35-33(43)24-23-30-29-15-8-10-18-34(29)44-36(30)35/h1-24H/i1D,2D,3D,4D,5D,6D,11D,12D,13D,14D. The molecule has 0 fully saturated rings. The van der Waals surface area contributed by atoms with Crippen molar-refractivity contribution in [3.05, 3.63) is 145 Å². The molecule has 0 amide bonds. The van der Waals surface area contributed by atoms with Crippen molar-refractivity contribution in [1.29, 1.82) is 0 Å². The van der Waals surface area contributed by atoms with Gasteiger partial charge in [-0.1, -0.05) is 96.8 Å². The smallest absolute Gasteiger partial charge is 0.164 e. The molecule has 44 heavy (non-hydrogen) atoms. The number of fused-ring (bicyclic) bond motifs is 7. The summed E-state index contributed by atoms with van der Waals surface area (Å²) in [4.78, 5) is 13.4. The van der Waals surface area contributed by atoms with Crippen molar-refractivity contribution in [3.63, 3.8) is 0 Å². The van der Waals surface area contributed by atoms with E-state index in [4.69, 9.17) is 18.1 Å². The fourth-order valence-electron chi connectivity index (χ4n) is 5.72. The van der Waals surface area contributed by atoms with E-state index < -0.39 is 60.4 Å². The summed E-state index contributed by atoms with van der Waals surface area (Å²) in [5, 5.41) is 4.01. The van der Waals surface area contributed by atoms with Gasteiger partial charge in [0, 0.05) is 38.5 Å². The summed E-state index contributed by atoms with van der Waals surface area (Å²) in [5.41, 5.74) is 4.03. The Morgan fingerprint density at radius 2 is 1.09 bits per heavy atom. The maximum absolute atomic E-state index is 8.58. The molecule has 6 aromatic carbocycles. The van der Waals surface area contributed by atoms with E-state index in [1.807, 2.05) is 54.6 Å². The predicted octanol–water partition coefficient (Wildman–Crippen LogP) is 9.87. The Morgan fingerprint density at radius 3 is 1.77 bits per heavy atom. The zero-order chi connectivity index (χ0) is 37.7. The molecule has 9 rings (SSSR count). The van der Waals surface area contributed by atoms with E-state index in [2.05, 4.69) is 37.7 Å². The van der Waals surface area contributed by atoms with E-state index in [1.54, 1.807) is 12.1 Å². The lowest BCUT2D eigenvalue weighted by atomic mass is 10.1. The largest absolute Gasteiger partial charge is 0.455 e. The highest BCUT2D eigenvalue weighted by molar-refractivity contribution is 6.23. The van der Waals surface area contributed by atoms with E-state index in [9.17, 15) is 0 Å². The van der Waals surface area contributed by atoms with Crippen molar-refractivity contribution in [1.82, 2.24) is 19.5 Å². The van der Waals surface area contributed by atoms with Crippen LogP contribution in [0.5, 0.6) is 0 Å². The van der Waals surface area contributed by atoms with Gasteiger partial charge in [0.2, 0.25) is 0 Å². The molecule has 206 valence electrons. The van der Waals surface area contributed by atoms with Crippen LogP contribution in [0.3, 0.4) is 0 Å². The lowest BCUT2D eigenvalue weighted by molar-refractivity contribution is 0.673. The van der Waals surface area contributed by atoms with Crippen molar-refractivity contribution in [2.75, 3.05) is 0 Å². The van der Waals surface area contributed by atoms with Crippen molar-refractivity contribution >= 4 is 43.7 Å². The third kappa shape index (κ3) is 3.83. The van der Waals surface area contributed by atoms with Crippen LogP contribution in [0.25, 0.3) is 83.6 Å². The Labute approximate surface area is 266 Å². The average molecular weight is 575 g/mol. The summed E-state index contributed by atoms with van der Waals surface area (Å²) in [5.74, 6) is -0.647. The van der Waals surface area contributed by atoms with Crippen molar-refractivity contribution < 1.29 is 18.1 Å². The molecule has 0 N–H and O–H groups in total. The van der Waals surface area contributed by atoms with Crippen LogP contribution >= 0.6 is 0 Å². The maximum atomic E-state index is 8.58. The number of rotatable bonds is 4. The van der Waals surface area contributed by atoms with E-state index >= 15 is 0 Å². The number of hydrogen-bond donors (Lipinski definition) is 0. The Morgan fingerprint density at radius 1 is 0.500 bits per heavy atom. The highest BCUT2D eigenvalue weighted by Gasteiger charge is 2.19. The van der Waals surface area contributed by atoms with E-state index in [0.717, 1.165) is 49.4 Å². The third-order valence-corrected chi connectivity index (χ3v) is 7.65. The minimum Gasteiger partial charge on any atom is -0.455 e. The summed E-state index contributed by atoms with van der Waals surface area (Å²) in [7, 11) is 0. The molecular weight excluding hydrogens is 540 g/mol. The minimum atomic E-state index is -0.604. The molecule has 0 bridgehead atoms. The second-order valence-corrected chi connectivity index (χ2v) is 10.1. The molecule has 5 heteroatoms. The highest BCUT2D eigenvalue weighted by atomic mass is 16.3. The van der Waals surface area contributed by atoms with Gasteiger partial charge in [0.25, 0.3) is 0 Å². The molecule has 3 aromatic heterocycles. The van der Waals surface area contributed by atoms with Gasteiger partial charge in [-0.2, -0.15) is 0 Å².